The van der Waals surface area contributed by atoms with Crippen LogP contribution in [0, 0.1) is 19.3 Å². The molecule has 10 heteroatoms. The Morgan fingerprint density at radius 1 is 0.897 bits per heavy atom. The molecule has 0 radical (unpaired) electrons. The van der Waals surface area contributed by atoms with Crippen LogP contribution in [-0.4, -0.2) is 47.6 Å². The average Bonchev–Trinajstić information content (AvgIpc) is 3.22. The van der Waals surface area contributed by atoms with Gasteiger partial charge >= 0.3 is 16.4 Å². The first-order chi connectivity index (χ1) is 18.1. The fourth-order valence-corrected chi connectivity index (χ4v) is 5.02. The number of carboxylic acids is 1. The Balaban J connectivity index is 0.00000139. The van der Waals surface area contributed by atoms with Crippen molar-refractivity contribution in [3.05, 3.63) is 22.3 Å². The van der Waals surface area contributed by atoms with Gasteiger partial charge in [-0.15, -0.1) is 0 Å². The summed E-state index contributed by atoms with van der Waals surface area (Å²) in [7, 11) is -4.67. The maximum atomic E-state index is 12.9. The molecule has 1 aromatic rings. The molecule has 224 valence electrons. The molecule has 0 saturated heterocycles. The lowest BCUT2D eigenvalue weighted by atomic mass is 9.90. The van der Waals surface area contributed by atoms with E-state index < -0.39 is 21.8 Å². The highest BCUT2D eigenvalue weighted by Gasteiger charge is 2.31. The maximum Gasteiger partial charge on any atom is 0.394 e. The van der Waals surface area contributed by atoms with E-state index in [4.69, 9.17) is 17.5 Å². The fraction of sp³-hybridized carbons (Fsp3) is 0.724. The van der Waals surface area contributed by atoms with E-state index in [1.807, 2.05) is 34.6 Å². The lowest BCUT2D eigenvalue weighted by Gasteiger charge is -2.28. The Morgan fingerprint density at radius 2 is 1.38 bits per heavy atom. The third kappa shape index (κ3) is 12.7. The van der Waals surface area contributed by atoms with Crippen LogP contribution in [0.25, 0.3) is 0 Å². The molecule has 0 bridgehead atoms. The molecule has 9 nitrogen and oxygen atoms in total. The molecule has 0 aliphatic carbocycles. The van der Waals surface area contributed by atoms with E-state index >= 15 is 0 Å². The van der Waals surface area contributed by atoms with Gasteiger partial charge in [0.25, 0.3) is 0 Å². The average molecular weight is 571 g/mol. The van der Waals surface area contributed by atoms with Gasteiger partial charge < -0.3 is 15.3 Å². The second kappa shape index (κ2) is 16.2. The molecular formula is C29H50N2O7S. The van der Waals surface area contributed by atoms with Crippen LogP contribution in [0.1, 0.15) is 114 Å². The predicted molar refractivity (Wildman–Crippen MR) is 157 cm³/mol. The lowest BCUT2D eigenvalue weighted by Crippen LogP contribution is -2.30. The number of hydrogen-bond donors (Lipinski definition) is 4. The summed E-state index contributed by atoms with van der Waals surface area (Å²) in [5, 5.41) is 12.7. The molecule has 0 fully saturated rings. The molecule has 1 amide bonds. The smallest absolute Gasteiger partial charge is 0.394 e. The number of benzene rings is 1. The van der Waals surface area contributed by atoms with E-state index in [2.05, 4.69) is 17.1 Å². The zero-order chi connectivity index (χ0) is 29.8. The first kappa shape index (κ1) is 34.9. The molecule has 0 atom stereocenters. The number of anilines is 2. The van der Waals surface area contributed by atoms with E-state index in [1.165, 1.54) is 63.4 Å². The SMILES string of the molecule is CCCCCCCCCCCCN1CCc2c(C)c(CC(=O)O)c(C)c(NC(=O)C(C)(C)C)c21.O=S(=O)(O)O. The number of fused-ring (bicyclic) bond motifs is 1. The number of nitrogens with one attached hydrogen (secondary N) is 1. The molecule has 4 N–H and O–H groups in total. The van der Waals surface area contributed by atoms with E-state index in [-0.39, 0.29) is 12.3 Å². The largest absolute Gasteiger partial charge is 0.481 e. The number of unbranched alkanes of at least 4 members (excludes halogenated alkanes) is 9. The standard InChI is InChI=1S/C29H48N2O3.H2O4S/c1-7-8-9-10-11-12-13-14-15-16-18-31-19-17-23-21(2)24(20-25(32)33)22(3)26(27(23)31)30-28(34)29(4,5)6;1-5(2,3)4/h7-20H2,1-6H3,(H,30,34)(H,32,33);(H2,1,2,3,4). The number of carbonyl (C=O) groups excluding carboxylic acids is 1. The summed E-state index contributed by atoms with van der Waals surface area (Å²) in [5.74, 6) is -0.867. The van der Waals surface area contributed by atoms with Crippen molar-refractivity contribution in [1.29, 1.82) is 0 Å². The number of carbonyl (C=O) groups is 2. The van der Waals surface area contributed by atoms with Gasteiger partial charge in [0, 0.05) is 18.5 Å². The van der Waals surface area contributed by atoms with Crippen molar-refractivity contribution in [1.82, 2.24) is 0 Å². The normalized spacial score (nSPS) is 13.1. The number of carboxylic acid groups (broad SMARTS) is 1. The van der Waals surface area contributed by atoms with Crippen LogP contribution in [0.4, 0.5) is 11.4 Å². The molecule has 39 heavy (non-hydrogen) atoms. The third-order valence-electron chi connectivity index (χ3n) is 7.23. The third-order valence-corrected chi connectivity index (χ3v) is 7.23. The maximum absolute atomic E-state index is 12.9. The van der Waals surface area contributed by atoms with Crippen molar-refractivity contribution in [2.75, 3.05) is 23.3 Å². The molecule has 0 unspecified atom stereocenters. The van der Waals surface area contributed by atoms with Gasteiger partial charge in [-0.05, 0) is 48.9 Å². The van der Waals surface area contributed by atoms with Gasteiger partial charge in [0.05, 0.1) is 17.8 Å². The van der Waals surface area contributed by atoms with Crippen molar-refractivity contribution in [2.24, 2.45) is 5.41 Å². The van der Waals surface area contributed by atoms with Crippen molar-refractivity contribution >= 4 is 33.7 Å². The molecule has 1 aromatic carbocycles. The van der Waals surface area contributed by atoms with Crippen molar-refractivity contribution in [2.45, 2.75) is 119 Å². The van der Waals surface area contributed by atoms with Crippen molar-refractivity contribution < 1.29 is 32.2 Å². The van der Waals surface area contributed by atoms with Crippen LogP contribution >= 0.6 is 0 Å². The highest BCUT2D eigenvalue weighted by molar-refractivity contribution is 7.79. The molecule has 0 aromatic heterocycles. The minimum atomic E-state index is -4.67. The number of nitrogens with zero attached hydrogens (tertiary/aromatic N) is 1. The fourth-order valence-electron chi connectivity index (χ4n) is 5.02. The second-order valence-corrected chi connectivity index (χ2v) is 12.5. The number of amides is 1. The Hall–Kier alpha value is -2.17. The van der Waals surface area contributed by atoms with Gasteiger partial charge in [-0.2, -0.15) is 8.42 Å². The van der Waals surface area contributed by atoms with Crippen LogP contribution in [0.2, 0.25) is 0 Å². The highest BCUT2D eigenvalue weighted by atomic mass is 32.3. The number of rotatable bonds is 14. The lowest BCUT2D eigenvalue weighted by molar-refractivity contribution is -0.136. The number of aliphatic carboxylic acids is 1. The quantitative estimate of drug-likeness (QED) is 0.146. The topological polar surface area (TPSA) is 144 Å². The zero-order valence-corrected chi connectivity index (χ0v) is 25.5. The second-order valence-electron chi connectivity index (χ2n) is 11.6. The summed E-state index contributed by atoms with van der Waals surface area (Å²) in [6.07, 6.45) is 14.0. The first-order valence-electron chi connectivity index (χ1n) is 14.2. The first-order valence-corrected chi connectivity index (χ1v) is 15.6. The van der Waals surface area contributed by atoms with Crippen molar-refractivity contribution in [3.8, 4) is 0 Å². The van der Waals surface area contributed by atoms with E-state index in [0.717, 1.165) is 54.0 Å². The minimum absolute atomic E-state index is 0.0121. The monoisotopic (exact) mass is 570 g/mol. The van der Waals surface area contributed by atoms with Gasteiger partial charge in [-0.25, -0.2) is 0 Å². The van der Waals surface area contributed by atoms with E-state index in [9.17, 15) is 14.7 Å². The molecular weight excluding hydrogens is 520 g/mol. The summed E-state index contributed by atoms with van der Waals surface area (Å²) in [4.78, 5) is 26.9. The zero-order valence-electron chi connectivity index (χ0n) is 24.7. The summed E-state index contributed by atoms with van der Waals surface area (Å²) in [5.41, 5.74) is 5.45. The molecule has 1 heterocycles. The Bertz CT molecular complexity index is 1050. The predicted octanol–water partition coefficient (Wildman–Crippen LogP) is 6.55. The summed E-state index contributed by atoms with van der Waals surface area (Å²) in [6.45, 7) is 13.9. The molecule has 2 rings (SSSR count). The number of hydrogen-bond acceptors (Lipinski definition) is 5. The van der Waals surface area contributed by atoms with E-state index in [1.54, 1.807) is 0 Å². The van der Waals surface area contributed by atoms with Crippen LogP contribution in [-0.2, 0) is 32.8 Å². The Kier molecular flexibility index (Phi) is 14.5. The van der Waals surface area contributed by atoms with Crippen LogP contribution in [0.5, 0.6) is 0 Å². The van der Waals surface area contributed by atoms with Crippen LogP contribution in [0.15, 0.2) is 0 Å². The van der Waals surface area contributed by atoms with Gasteiger partial charge in [0.2, 0.25) is 5.91 Å². The molecule has 1 aliphatic heterocycles. The van der Waals surface area contributed by atoms with Gasteiger partial charge in [-0.3, -0.25) is 18.7 Å². The van der Waals surface area contributed by atoms with Crippen LogP contribution < -0.4 is 10.2 Å². The molecule has 1 aliphatic rings. The van der Waals surface area contributed by atoms with Gasteiger partial charge in [-0.1, -0.05) is 85.5 Å². The molecule has 0 spiro atoms. The Labute approximate surface area is 235 Å². The van der Waals surface area contributed by atoms with Gasteiger partial charge in [0.15, 0.2) is 0 Å². The van der Waals surface area contributed by atoms with Crippen LogP contribution in [0.3, 0.4) is 0 Å². The van der Waals surface area contributed by atoms with Crippen molar-refractivity contribution in [3.63, 3.8) is 0 Å². The highest BCUT2D eigenvalue weighted by Crippen LogP contribution is 2.43. The van der Waals surface area contributed by atoms with Gasteiger partial charge in [0.1, 0.15) is 0 Å². The summed E-state index contributed by atoms with van der Waals surface area (Å²) in [6, 6.07) is 0. The summed E-state index contributed by atoms with van der Waals surface area (Å²) >= 11 is 0. The van der Waals surface area contributed by atoms with E-state index in [0.29, 0.717) is 0 Å². The molecule has 0 saturated carbocycles. The Morgan fingerprint density at radius 3 is 1.85 bits per heavy atom. The summed E-state index contributed by atoms with van der Waals surface area (Å²) < 4.78 is 31.6. The minimum Gasteiger partial charge on any atom is -0.481 e.